The fourth-order valence-corrected chi connectivity index (χ4v) is 3.13. The Bertz CT molecular complexity index is 894. The number of carbonyl (C=O) groups is 1. The molecule has 1 unspecified atom stereocenters. The van der Waals surface area contributed by atoms with E-state index in [1.165, 1.54) is 5.56 Å². The molecule has 0 radical (unpaired) electrons. The zero-order valence-corrected chi connectivity index (χ0v) is 15.8. The summed E-state index contributed by atoms with van der Waals surface area (Å²) in [7, 11) is 1.63. The molecule has 0 fully saturated rings. The van der Waals surface area contributed by atoms with Crippen molar-refractivity contribution in [3.05, 3.63) is 65.4 Å². The summed E-state index contributed by atoms with van der Waals surface area (Å²) in [6, 6.07) is 16.0. The molecule has 1 amide bonds. The summed E-state index contributed by atoms with van der Waals surface area (Å²) in [6.45, 7) is 6.43. The summed E-state index contributed by atoms with van der Waals surface area (Å²) < 4.78 is 5.23. The molecule has 1 aromatic heterocycles. The molecule has 0 aliphatic heterocycles. The van der Waals surface area contributed by atoms with Gasteiger partial charge >= 0.3 is 0 Å². The topological polar surface area (TPSA) is 54.1 Å². The average molecular weight is 350 g/mol. The summed E-state index contributed by atoms with van der Waals surface area (Å²) in [4.78, 5) is 15.8. The third kappa shape index (κ3) is 4.07. The van der Waals surface area contributed by atoms with Gasteiger partial charge in [-0.2, -0.15) is 0 Å². The van der Waals surface area contributed by atoms with Crippen LogP contribution in [0.2, 0.25) is 0 Å². The molecule has 2 N–H and O–H groups in total. The number of ether oxygens (including phenoxy) is 1. The minimum Gasteiger partial charge on any atom is -0.497 e. The van der Waals surface area contributed by atoms with Gasteiger partial charge in [-0.05, 0) is 48.6 Å². The number of amides is 1. The highest BCUT2D eigenvalue weighted by Gasteiger charge is 2.14. The zero-order valence-electron chi connectivity index (χ0n) is 15.8. The number of carbonyl (C=O) groups excluding carboxylic acids is 1. The van der Waals surface area contributed by atoms with E-state index in [1.54, 1.807) is 7.11 Å². The van der Waals surface area contributed by atoms with Crippen LogP contribution in [0.1, 0.15) is 48.4 Å². The van der Waals surface area contributed by atoms with Crippen LogP contribution in [0.3, 0.4) is 0 Å². The number of H-pyrrole nitrogens is 1. The van der Waals surface area contributed by atoms with Crippen molar-refractivity contribution in [1.29, 1.82) is 0 Å². The van der Waals surface area contributed by atoms with E-state index in [1.807, 2.05) is 31.2 Å². The fourth-order valence-electron chi connectivity index (χ4n) is 3.13. The molecule has 1 heterocycles. The third-order valence-corrected chi connectivity index (χ3v) is 4.55. The molecule has 0 bridgehead atoms. The molecule has 0 saturated carbocycles. The first kappa shape index (κ1) is 18.1. The highest BCUT2D eigenvalue weighted by molar-refractivity contribution is 5.98. The zero-order chi connectivity index (χ0) is 18.7. The van der Waals surface area contributed by atoms with Crippen molar-refractivity contribution in [1.82, 2.24) is 10.3 Å². The first-order valence-corrected chi connectivity index (χ1v) is 9.02. The minimum atomic E-state index is -0.112. The van der Waals surface area contributed by atoms with Gasteiger partial charge in [-0.25, -0.2) is 0 Å². The van der Waals surface area contributed by atoms with Crippen molar-refractivity contribution >= 4 is 16.8 Å². The molecule has 3 aromatic rings. The van der Waals surface area contributed by atoms with Crippen LogP contribution in [0, 0.1) is 5.92 Å². The Hall–Kier alpha value is -2.75. The van der Waals surface area contributed by atoms with E-state index in [-0.39, 0.29) is 11.9 Å². The molecule has 0 saturated heterocycles. The van der Waals surface area contributed by atoms with Gasteiger partial charge in [-0.15, -0.1) is 0 Å². The van der Waals surface area contributed by atoms with Crippen LogP contribution in [-0.2, 0) is 6.42 Å². The second-order valence-electron chi connectivity index (χ2n) is 7.17. The van der Waals surface area contributed by atoms with Crippen molar-refractivity contribution in [2.24, 2.45) is 5.92 Å². The van der Waals surface area contributed by atoms with Gasteiger partial charge in [-0.1, -0.05) is 38.1 Å². The number of hydrogen-bond donors (Lipinski definition) is 2. The Kier molecular flexibility index (Phi) is 5.31. The smallest absolute Gasteiger partial charge is 0.268 e. The lowest BCUT2D eigenvalue weighted by Crippen LogP contribution is -2.26. The number of nitrogens with one attached hydrogen (secondary N) is 2. The van der Waals surface area contributed by atoms with Gasteiger partial charge in [0.15, 0.2) is 0 Å². The number of aromatic amines is 1. The maximum Gasteiger partial charge on any atom is 0.268 e. The van der Waals surface area contributed by atoms with Crippen LogP contribution < -0.4 is 10.1 Å². The van der Waals surface area contributed by atoms with Crippen LogP contribution in [-0.4, -0.2) is 18.0 Å². The Morgan fingerprint density at radius 3 is 2.46 bits per heavy atom. The minimum absolute atomic E-state index is 0.0588. The number of rotatable bonds is 6. The second kappa shape index (κ2) is 7.65. The highest BCUT2D eigenvalue weighted by Crippen LogP contribution is 2.22. The van der Waals surface area contributed by atoms with Gasteiger partial charge in [0.05, 0.1) is 13.2 Å². The molecular formula is C22H26N2O2. The second-order valence-corrected chi connectivity index (χ2v) is 7.17. The first-order chi connectivity index (χ1) is 12.5. The number of benzene rings is 2. The molecule has 2 aromatic carbocycles. The maximum atomic E-state index is 12.6. The van der Waals surface area contributed by atoms with Gasteiger partial charge in [0.2, 0.25) is 0 Å². The Morgan fingerprint density at radius 2 is 1.81 bits per heavy atom. The Balaban J connectivity index is 1.70. The van der Waals surface area contributed by atoms with E-state index in [2.05, 4.69) is 48.4 Å². The summed E-state index contributed by atoms with van der Waals surface area (Å²) in [5.41, 5.74) is 3.87. The van der Waals surface area contributed by atoms with E-state index in [4.69, 9.17) is 4.74 Å². The van der Waals surface area contributed by atoms with E-state index in [0.29, 0.717) is 11.6 Å². The van der Waals surface area contributed by atoms with Crippen LogP contribution in [0.15, 0.2) is 48.5 Å². The van der Waals surface area contributed by atoms with Gasteiger partial charge in [0, 0.05) is 17.0 Å². The quantitative estimate of drug-likeness (QED) is 0.666. The van der Waals surface area contributed by atoms with Crippen molar-refractivity contribution in [3.8, 4) is 5.75 Å². The lowest BCUT2D eigenvalue weighted by atomic mass is 10.00. The lowest BCUT2D eigenvalue weighted by molar-refractivity contribution is 0.0935. The standard InChI is InChI=1S/C22H26N2O2/c1-14(2)11-16-5-7-17(8-6-16)15(3)23-22(25)21-12-18-9-10-19(26-4)13-20(18)24-21/h5-10,12-15,24H,11H2,1-4H3,(H,23,25). The van der Waals surface area contributed by atoms with E-state index in [9.17, 15) is 4.79 Å². The highest BCUT2D eigenvalue weighted by atomic mass is 16.5. The molecule has 0 spiro atoms. The molecular weight excluding hydrogens is 324 g/mol. The molecule has 0 aliphatic carbocycles. The molecule has 4 nitrogen and oxygen atoms in total. The lowest BCUT2D eigenvalue weighted by Gasteiger charge is -2.14. The molecule has 4 heteroatoms. The summed E-state index contributed by atoms with van der Waals surface area (Å²) in [5, 5.41) is 4.05. The average Bonchev–Trinajstić information content (AvgIpc) is 3.05. The monoisotopic (exact) mass is 350 g/mol. The number of methoxy groups -OCH3 is 1. The van der Waals surface area contributed by atoms with Gasteiger partial charge in [0.25, 0.3) is 5.91 Å². The maximum absolute atomic E-state index is 12.6. The normalized spacial score (nSPS) is 12.3. The van der Waals surface area contributed by atoms with Crippen molar-refractivity contribution < 1.29 is 9.53 Å². The molecule has 26 heavy (non-hydrogen) atoms. The van der Waals surface area contributed by atoms with E-state index >= 15 is 0 Å². The molecule has 1 atom stereocenters. The van der Waals surface area contributed by atoms with Crippen molar-refractivity contribution in [2.45, 2.75) is 33.2 Å². The predicted molar refractivity (Wildman–Crippen MR) is 106 cm³/mol. The summed E-state index contributed by atoms with van der Waals surface area (Å²) in [6.07, 6.45) is 1.07. The third-order valence-electron chi connectivity index (χ3n) is 4.55. The van der Waals surface area contributed by atoms with Gasteiger partial charge < -0.3 is 15.0 Å². The molecule has 136 valence electrons. The van der Waals surface area contributed by atoms with Gasteiger partial charge in [-0.3, -0.25) is 4.79 Å². The summed E-state index contributed by atoms with van der Waals surface area (Å²) in [5.74, 6) is 1.29. The van der Waals surface area contributed by atoms with E-state index < -0.39 is 0 Å². The largest absolute Gasteiger partial charge is 0.497 e. The van der Waals surface area contributed by atoms with Crippen LogP contribution >= 0.6 is 0 Å². The number of aromatic nitrogens is 1. The SMILES string of the molecule is COc1ccc2cc(C(=O)NC(C)c3ccc(CC(C)C)cc3)[nH]c2c1. The number of hydrogen-bond acceptors (Lipinski definition) is 2. The van der Waals surface area contributed by atoms with E-state index in [0.717, 1.165) is 28.6 Å². The van der Waals surface area contributed by atoms with Crippen molar-refractivity contribution in [2.75, 3.05) is 7.11 Å². The van der Waals surface area contributed by atoms with Crippen molar-refractivity contribution in [3.63, 3.8) is 0 Å². The number of fused-ring (bicyclic) bond motifs is 1. The molecule has 3 rings (SSSR count). The predicted octanol–water partition coefficient (Wildman–Crippen LogP) is 4.87. The summed E-state index contributed by atoms with van der Waals surface area (Å²) >= 11 is 0. The van der Waals surface area contributed by atoms with Gasteiger partial charge in [0.1, 0.15) is 11.4 Å². The molecule has 0 aliphatic rings. The van der Waals surface area contributed by atoms with Crippen LogP contribution in [0.25, 0.3) is 10.9 Å². The first-order valence-electron chi connectivity index (χ1n) is 9.02. The van der Waals surface area contributed by atoms with Crippen LogP contribution in [0.4, 0.5) is 0 Å². The Morgan fingerprint density at radius 1 is 1.08 bits per heavy atom. The van der Waals surface area contributed by atoms with Crippen LogP contribution in [0.5, 0.6) is 5.75 Å². The Labute approximate surface area is 154 Å². The fraction of sp³-hybridized carbons (Fsp3) is 0.318.